The zero-order chi connectivity index (χ0) is 36.0. The minimum Gasteiger partial charge on any atom is -0.493 e. The van der Waals surface area contributed by atoms with Gasteiger partial charge in [0.05, 0.1) is 49.8 Å². The van der Waals surface area contributed by atoms with Gasteiger partial charge in [0.2, 0.25) is 0 Å². The minimum absolute atomic E-state index is 0.0300. The Hall–Kier alpha value is -4.80. The maximum absolute atomic E-state index is 7.17. The highest BCUT2D eigenvalue weighted by atomic mass is 16.5. The van der Waals surface area contributed by atoms with Crippen LogP contribution in [0.25, 0.3) is 11.1 Å². The number of rotatable bonds is 11. The largest absolute Gasteiger partial charge is 0.493 e. The van der Waals surface area contributed by atoms with E-state index in [0.29, 0.717) is 52.4 Å². The number of hydrogen-bond donors (Lipinski definition) is 0. The standard InChI is InChI=1S/C41H48N2O8/c1-42-14-12-23-18-32(45-4)34(47-6)21-27(23)28(42)17-26-20-33(46-5)35(48-7)22-31(26)51-41-30(44-3)11-10-24-16-29-37-25(13-15-43(29)2)19-36(49-8)40(50-9)39(37)38(24)41/h10-11,18-22,28-29H,12-17H2,1-9H3/t28-,29+/m1/s1. The van der Waals surface area contributed by atoms with Gasteiger partial charge >= 0.3 is 0 Å². The molecule has 0 N–H and O–H groups in total. The van der Waals surface area contributed by atoms with Crippen LogP contribution in [0.5, 0.6) is 51.7 Å². The predicted octanol–water partition coefficient (Wildman–Crippen LogP) is 7.06. The number of likely N-dealkylation sites (N-methyl/N-ethyl adjacent to an activating group) is 2. The fourth-order valence-electron chi connectivity index (χ4n) is 8.24. The van der Waals surface area contributed by atoms with Crippen LogP contribution in [-0.4, -0.2) is 86.8 Å². The summed E-state index contributed by atoms with van der Waals surface area (Å²) in [6, 6.07) is 14.7. The van der Waals surface area contributed by atoms with Crippen molar-refractivity contribution < 1.29 is 37.9 Å². The van der Waals surface area contributed by atoms with E-state index in [1.807, 2.05) is 18.2 Å². The van der Waals surface area contributed by atoms with Crippen LogP contribution in [0.15, 0.2) is 42.5 Å². The Morgan fingerprint density at radius 2 is 1.16 bits per heavy atom. The van der Waals surface area contributed by atoms with Gasteiger partial charge in [0.25, 0.3) is 0 Å². The van der Waals surface area contributed by atoms with Gasteiger partial charge in [0.15, 0.2) is 46.0 Å². The molecule has 0 amide bonds. The fraction of sp³-hybridized carbons (Fsp3) is 0.415. The first-order chi connectivity index (χ1) is 24.8. The van der Waals surface area contributed by atoms with Crippen molar-refractivity contribution in [2.45, 2.75) is 37.8 Å². The molecule has 0 unspecified atom stereocenters. The van der Waals surface area contributed by atoms with Crippen molar-refractivity contribution in [1.82, 2.24) is 9.80 Å². The average molecular weight is 697 g/mol. The second-order valence-electron chi connectivity index (χ2n) is 13.4. The van der Waals surface area contributed by atoms with Crippen LogP contribution in [0.4, 0.5) is 0 Å². The number of ether oxygens (including phenoxy) is 8. The molecule has 0 bridgehead atoms. The summed E-state index contributed by atoms with van der Waals surface area (Å²) in [4.78, 5) is 4.81. The molecule has 1 aliphatic carbocycles. The molecule has 10 nitrogen and oxygen atoms in total. The number of hydrogen-bond acceptors (Lipinski definition) is 10. The molecule has 4 aromatic carbocycles. The van der Waals surface area contributed by atoms with Crippen molar-refractivity contribution in [2.75, 3.05) is 77.0 Å². The molecule has 0 aromatic heterocycles. The van der Waals surface area contributed by atoms with Crippen LogP contribution in [0.1, 0.15) is 45.5 Å². The molecule has 7 rings (SSSR count). The Labute approximate surface area is 300 Å². The molecule has 10 heteroatoms. The summed E-state index contributed by atoms with van der Waals surface area (Å²) in [5.74, 6) is 5.92. The molecule has 3 aliphatic rings. The summed E-state index contributed by atoms with van der Waals surface area (Å²) in [5, 5.41) is 0. The summed E-state index contributed by atoms with van der Waals surface area (Å²) >= 11 is 0. The smallest absolute Gasteiger partial charge is 0.177 e. The van der Waals surface area contributed by atoms with E-state index in [-0.39, 0.29) is 12.1 Å². The molecular formula is C41H48N2O8. The highest BCUT2D eigenvalue weighted by Gasteiger charge is 2.39. The first-order valence-electron chi connectivity index (χ1n) is 17.3. The van der Waals surface area contributed by atoms with Crippen molar-refractivity contribution in [3.63, 3.8) is 0 Å². The molecule has 0 radical (unpaired) electrons. The Morgan fingerprint density at radius 1 is 0.549 bits per heavy atom. The average Bonchev–Trinajstić information content (AvgIpc) is 3.16. The molecule has 51 heavy (non-hydrogen) atoms. The zero-order valence-corrected chi connectivity index (χ0v) is 31.1. The number of fused-ring (bicyclic) bond motifs is 3. The second-order valence-corrected chi connectivity index (χ2v) is 13.4. The Balaban J connectivity index is 1.41. The third kappa shape index (κ3) is 5.84. The van der Waals surface area contributed by atoms with Crippen LogP contribution in [0.2, 0.25) is 0 Å². The SMILES string of the molecule is COc1cc(C[C@@H]2c3cc(OC)c(OC)cc3CCN2C)c(Oc2c(OC)ccc3c2-c2c(OC)c(OC)cc4c2[C@H](C3)N(C)CC4)cc1OC. The second kappa shape index (κ2) is 14.1. The van der Waals surface area contributed by atoms with Gasteiger partial charge in [-0.3, -0.25) is 9.80 Å². The monoisotopic (exact) mass is 696 g/mol. The zero-order valence-electron chi connectivity index (χ0n) is 31.1. The van der Waals surface area contributed by atoms with E-state index in [9.17, 15) is 0 Å². The van der Waals surface area contributed by atoms with Gasteiger partial charge in [-0.15, -0.1) is 0 Å². The summed E-state index contributed by atoms with van der Waals surface area (Å²) in [5.41, 5.74) is 9.01. The van der Waals surface area contributed by atoms with Crippen molar-refractivity contribution in [1.29, 1.82) is 0 Å². The first-order valence-corrected chi connectivity index (χ1v) is 17.3. The molecule has 0 fully saturated rings. The van der Waals surface area contributed by atoms with E-state index in [2.05, 4.69) is 48.2 Å². The van der Waals surface area contributed by atoms with Crippen LogP contribution >= 0.6 is 0 Å². The fourth-order valence-corrected chi connectivity index (χ4v) is 8.24. The van der Waals surface area contributed by atoms with E-state index >= 15 is 0 Å². The maximum Gasteiger partial charge on any atom is 0.177 e. The lowest BCUT2D eigenvalue weighted by Gasteiger charge is -2.41. The molecular weight excluding hydrogens is 648 g/mol. The van der Waals surface area contributed by atoms with E-state index in [1.165, 1.54) is 22.3 Å². The van der Waals surface area contributed by atoms with E-state index < -0.39 is 0 Å². The lowest BCUT2D eigenvalue weighted by atomic mass is 9.76. The maximum atomic E-state index is 7.17. The van der Waals surface area contributed by atoms with Crippen molar-refractivity contribution in [3.05, 3.63) is 75.8 Å². The third-order valence-corrected chi connectivity index (χ3v) is 10.9. The van der Waals surface area contributed by atoms with Gasteiger partial charge in [-0.05, 0) is 97.9 Å². The normalized spacial score (nSPS) is 17.8. The molecule has 4 aromatic rings. The lowest BCUT2D eigenvalue weighted by Crippen LogP contribution is -2.35. The van der Waals surface area contributed by atoms with Gasteiger partial charge < -0.3 is 37.9 Å². The van der Waals surface area contributed by atoms with Crippen LogP contribution < -0.4 is 37.9 Å². The number of methoxy groups -OCH3 is 7. The van der Waals surface area contributed by atoms with Crippen LogP contribution in [0.3, 0.4) is 0 Å². The van der Waals surface area contributed by atoms with Crippen molar-refractivity contribution in [3.8, 4) is 62.9 Å². The van der Waals surface area contributed by atoms with Crippen molar-refractivity contribution >= 4 is 0 Å². The van der Waals surface area contributed by atoms with Gasteiger partial charge in [-0.1, -0.05) is 6.07 Å². The minimum atomic E-state index is 0.0300. The highest BCUT2D eigenvalue weighted by molar-refractivity contribution is 5.89. The molecule has 0 spiro atoms. The van der Waals surface area contributed by atoms with Crippen molar-refractivity contribution in [2.24, 2.45) is 0 Å². The van der Waals surface area contributed by atoms with E-state index in [1.54, 1.807) is 49.8 Å². The molecule has 2 atom stereocenters. The number of benzene rings is 4. The lowest BCUT2D eigenvalue weighted by molar-refractivity contribution is 0.225. The number of nitrogens with zero attached hydrogens (tertiary/aromatic N) is 2. The molecule has 2 aliphatic heterocycles. The third-order valence-electron chi connectivity index (χ3n) is 10.9. The molecule has 270 valence electrons. The quantitative estimate of drug-likeness (QED) is 0.163. The Kier molecular flexibility index (Phi) is 9.56. The molecule has 0 saturated heterocycles. The van der Waals surface area contributed by atoms with Crippen LogP contribution in [0, 0.1) is 0 Å². The summed E-state index contributed by atoms with van der Waals surface area (Å²) in [6.45, 7) is 1.86. The molecule has 0 saturated carbocycles. The molecule has 2 heterocycles. The summed E-state index contributed by atoms with van der Waals surface area (Å²) in [6.07, 6.45) is 3.29. The first kappa shape index (κ1) is 34.6. The van der Waals surface area contributed by atoms with E-state index in [4.69, 9.17) is 37.9 Å². The predicted molar refractivity (Wildman–Crippen MR) is 196 cm³/mol. The van der Waals surface area contributed by atoms with Gasteiger partial charge in [-0.25, -0.2) is 0 Å². The van der Waals surface area contributed by atoms with Crippen LogP contribution in [-0.2, 0) is 25.7 Å². The Bertz CT molecular complexity index is 1960. The summed E-state index contributed by atoms with van der Waals surface area (Å²) in [7, 11) is 16.1. The van der Waals surface area contributed by atoms with E-state index in [0.717, 1.165) is 60.4 Å². The van der Waals surface area contributed by atoms with Gasteiger partial charge in [-0.2, -0.15) is 0 Å². The topological polar surface area (TPSA) is 80.3 Å². The van der Waals surface area contributed by atoms with Gasteiger partial charge in [0, 0.05) is 47.9 Å². The highest BCUT2D eigenvalue weighted by Crippen LogP contribution is 2.57. The summed E-state index contributed by atoms with van der Waals surface area (Å²) < 4.78 is 48.4. The Morgan fingerprint density at radius 3 is 1.84 bits per heavy atom. The van der Waals surface area contributed by atoms with Gasteiger partial charge in [0.1, 0.15) is 5.75 Å².